The molecule has 1 N–H and O–H groups in total. The predicted octanol–water partition coefficient (Wildman–Crippen LogP) is 4.40. The molecule has 3 nitrogen and oxygen atoms in total. The summed E-state index contributed by atoms with van der Waals surface area (Å²) in [4.78, 5) is 14.2. The fourth-order valence-corrected chi connectivity index (χ4v) is 4.32. The van der Waals surface area contributed by atoms with Gasteiger partial charge in [0, 0.05) is 19.6 Å². The molecule has 2 aliphatic heterocycles. The van der Waals surface area contributed by atoms with Gasteiger partial charge in [0.25, 0.3) is 0 Å². The van der Waals surface area contributed by atoms with Gasteiger partial charge >= 0.3 is 6.18 Å². The van der Waals surface area contributed by atoms with E-state index in [1.807, 2.05) is 12.1 Å². The fourth-order valence-electron chi connectivity index (χ4n) is 4.32. The zero-order valence-corrected chi connectivity index (χ0v) is 15.0. The number of amides is 1. The minimum absolute atomic E-state index is 0.0292. The summed E-state index contributed by atoms with van der Waals surface area (Å²) < 4.78 is 40.1. The molecule has 0 bridgehead atoms. The zero-order valence-electron chi connectivity index (χ0n) is 15.0. The molecule has 142 valence electrons. The maximum Gasteiger partial charge on any atom is 0.417 e. The Morgan fingerprint density at radius 3 is 2.59 bits per heavy atom. The Hall–Kier alpha value is -2.34. The topological polar surface area (TPSA) is 32.3 Å². The van der Waals surface area contributed by atoms with Gasteiger partial charge in [-0.2, -0.15) is 13.2 Å². The highest BCUT2D eigenvalue weighted by Gasteiger charge is 2.50. The van der Waals surface area contributed by atoms with Crippen LogP contribution in [0.4, 0.5) is 13.2 Å². The van der Waals surface area contributed by atoms with E-state index in [2.05, 4.69) is 5.32 Å². The van der Waals surface area contributed by atoms with Crippen molar-refractivity contribution in [1.82, 2.24) is 10.2 Å². The largest absolute Gasteiger partial charge is 0.417 e. The van der Waals surface area contributed by atoms with Crippen molar-refractivity contribution in [2.24, 2.45) is 0 Å². The Kier molecular flexibility index (Phi) is 4.26. The van der Waals surface area contributed by atoms with Crippen molar-refractivity contribution in [2.75, 3.05) is 13.6 Å². The number of likely N-dealkylation sites (tertiary alicyclic amines) is 1. The molecule has 2 aliphatic rings. The van der Waals surface area contributed by atoms with Crippen LogP contribution in [-0.2, 0) is 11.0 Å². The van der Waals surface area contributed by atoms with Gasteiger partial charge in [-0.15, -0.1) is 0 Å². The quantitative estimate of drug-likeness (QED) is 0.845. The van der Waals surface area contributed by atoms with Gasteiger partial charge in [-0.05, 0) is 48.1 Å². The molecule has 2 aromatic rings. The van der Waals surface area contributed by atoms with Gasteiger partial charge < -0.3 is 4.90 Å². The second-order valence-corrected chi connectivity index (χ2v) is 7.46. The number of carbonyl (C=O) groups excluding carboxylic acids is 1. The maximum absolute atomic E-state index is 13.4. The molecule has 0 aliphatic carbocycles. The normalized spacial score (nSPS) is 25.6. The number of nitrogens with zero attached hydrogens (tertiary/aromatic N) is 1. The molecular formula is C21H21F3N2O. The minimum Gasteiger partial charge on any atom is -0.344 e. The molecular weight excluding hydrogens is 353 g/mol. The lowest BCUT2D eigenvalue weighted by Crippen LogP contribution is -2.47. The van der Waals surface area contributed by atoms with Crippen LogP contribution in [0.2, 0.25) is 0 Å². The van der Waals surface area contributed by atoms with Gasteiger partial charge in [0.1, 0.15) is 5.54 Å². The van der Waals surface area contributed by atoms with Gasteiger partial charge in [-0.3, -0.25) is 10.1 Å². The average Bonchev–Trinajstić information content (AvgIpc) is 3.21. The van der Waals surface area contributed by atoms with Crippen molar-refractivity contribution >= 4 is 5.91 Å². The van der Waals surface area contributed by atoms with E-state index >= 15 is 0 Å². The lowest BCUT2D eigenvalue weighted by molar-refractivity contribution is -0.137. The summed E-state index contributed by atoms with van der Waals surface area (Å²) in [6.07, 6.45) is -2.08. The summed E-state index contributed by atoms with van der Waals surface area (Å²) in [6.45, 7) is 0.734. The van der Waals surface area contributed by atoms with E-state index in [4.69, 9.17) is 0 Å². The second-order valence-electron chi connectivity index (χ2n) is 7.46. The summed E-state index contributed by atoms with van der Waals surface area (Å²) in [5.41, 5.74) is 0.489. The first-order chi connectivity index (χ1) is 12.8. The van der Waals surface area contributed by atoms with Crippen LogP contribution >= 0.6 is 0 Å². The lowest BCUT2D eigenvalue weighted by Gasteiger charge is -2.23. The number of rotatable bonds is 2. The first kappa shape index (κ1) is 18.0. The molecule has 2 saturated heterocycles. The van der Waals surface area contributed by atoms with Gasteiger partial charge in [-0.25, -0.2) is 0 Å². The van der Waals surface area contributed by atoms with Crippen LogP contribution in [-0.4, -0.2) is 29.9 Å². The van der Waals surface area contributed by atoms with Crippen molar-refractivity contribution in [3.63, 3.8) is 0 Å². The molecule has 27 heavy (non-hydrogen) atoms. The maximum atomic E-state index is 13.4. The van der Waals surface area contributed by atoms with Crippen LogP contribution < -0.4 is 5.32 Å². The minimum atomic E-state index is -4.40. The van der Waals surface area contributed by atoms with Crippen molar-refractivity contribution in [1.29, 1.82) is 0 Å². The number of carbonyl (C=O) groups is 1. The number of halogens is 3. The first-order valence-electron chi connectivity index (χ1n) is 9.10. The monoisotopic (exact) mass is 374 g/mol. The van der Waals surface area contributed by atoms with E-state index in [0.717, 1.165) is 37.4 Å². The number of nitrogens with one attached hydrogen (secondary N) is 1. The van der Waals surface area contributed by atoms with Crippen LogP contribution in [0.1, 0.15) is 36.4 Å². The van der Waals surface area contributed by atoms with Crippen LogP contribution in [0.3, 0.4) is 0 Å². The number of likely N-dealkylation sites (N-methyl/N-ethyl adjacent to an activating group) is 1. The molecule has 1 amide bonds. The Bertz CT molecular complexity index is 880. The highest BCUT2D eigenvalue weighted by atomic mass is 19.4. The summed E-state index contributed by atoms with van der Waals surface area (Å²) in [5.74, 6) is 0.114. The standard InChI is InChI=1S/C21H21F3N2O/c1-26-12-11-20(19(26)27)10-9-18(25-20)15-6-4-5-14(13-15)16-7-2-3-8-17(16)21(22,23)24/h2-8,13,18,25H,9-12H2,1H3/t18-,20-/m1/s1. The SMILES string of the molecule is CN1CC[C@]2(CC[C@H](c3cccc(-c4ccccc4C(F)(F)F)c3)N2)C1=O. The van der Waals surface area contributed by atoms with E-state index < -0.39 is 17.3 Å². The lowest BCUT2D eigenvalue weighted by atomic mass is 9.94. The highest BCUT2D eigenvalue weighted by Crippen LogP contribution is 2.41. The number of alkyl halides is 3. The van der Waals surface area contributed by atoms with Gasteiger partial charge in [0.05, 0.1) is 5.56 Å². The molecule has 0 saturated carbocycles. The Morgan fingerprint density at radius 2 is 1.89 bits per heavy atom. The summed E-state index contributed by atoms with van der Waals surface area (Å²) in [6, 6.07) is 12.8. The smallest absolute Gasteiger partial charge is 0.344 e. The predicted molar refractivity (Wildman–Crippen MR) is 97.0 cm³/mol. The van der Waals surface area contributed by atoms with E-state index in [9.17, 15) is 18.0 Å². The van der Waals surface area contributed by atoms with Crippen LogP contribution in [0.5, 0.6) is 0 Å². The van der Waals surface area contributed by atoms with E-state index in [-0.39, 0.29) is 17.5 Å². The van der Waals surface area contributed by atoms with E-state index in [1.54, 1.807) is 30.1 Å². The molecule has 2 atom stereocenters. The molecule has 0 radical (unpaired) electrons. The summed E-state index contributed by atoms with van der Waals surface area (Å²) in [5, 5.41) is 3.47. The number of hydrogen-bond donors (Lipinski definition) is 1. The summed E-state index contributed by atoms with van der Waals surface area (Å²) >= 11 is 0. The molecule has 2 aromatic carbocycles. The van der Waals surface area contributed by atoms with Crippen LogP contribution in [0.15, 0.2) is 48.5 Å². The Labute approximate surface area is 156 Å². The first-order valence-corrected chi connectivity index (χ1v) is 9.10. The number of hydrogen-bond acceptors (Lipinski definition) is 2. The molecule has 0 aromatic heterocycles. The highest BCUT2D eigenvalue weighted by molar-refractivity contribution is 5.88. The van der Waals surface area contributed by atoms with Crippen molar-refractivity contribution in [3.8, 4) is 11.1 Å². The number of benzene rings is 2. The Balaban J connectivity index is 1.65. The van der Waals surface area contributed by atoms with Gasteiger partial charge in [0.2, 0.25) is 5.91 Å². The molecule has 1 spiro atoms. The zero-order chi connectivity index (χ0) is 19.2. The van der Waals surface area contributed by atoms with E-state index in [0.29, 0.717) is 5.56 Å². The molecule has 6 heteroatoms. The van der Waals surface area contributed by atoms with Crippen LogP contribution in [0, 0.1) is 0 Å². The molecule has 2 fully saturated rings. The molecule has 0 unspecified atom stereocenters. The van der Waals surface area contributed by atoms with Crippen molar-refractivity contribution in [3.05, 3.63) is 59.7 Å². The van der Waals surface area contributed by atoms with Gasteiger partial charge in [-0.1, -0.05) is 36.4 Å². The van der Waals surface area contributed by atoms with Crippen molar-refractivity contribution < 1.29 is 18.0 Å². The third kappa shape index (κ3) is 3.12. The van der Waals surface area contributed by atoms with Crippen LogP contribution in [0.25, 0.3) is 11.1 Å². The Morgan fingerprint density at radius 1 is 1.11 bits per heavy atom. The molecule has 2 heterocycles. The van der Waals surface area contributed by atoms with Gasteiger partial charge in [0.15, 0.2) is 0 Å². The molecule has 4 rings (SSSR count). The third-order valence-electron chi connectivity index (χ3n) is 5.77. The van der Waals surface area contributed by atoms with E-state index in [1.165, 1.54) is 12.1 Å². The summed E-state index contributed by atoms with van der Waals surface area (Å²) in [7, 11) is 1.81. The second kappa shape index (κ2) is 6.37. The average molecular weight is 374 g/mol. The fraction of sp³-hybridized carbons (Fsp3) is 0.381. The van der Waals surface area contributed by atoms with Crippen molar-refractivity contribution in [2.45, 2.75) is 37.0 Å². The third-order valence-corrected chi connectivity index (χ3v) is 5.77.